The number of hydrogen-bond donors (Lipinski definition) is 9. The highest BCUT2D eigenvalue weighted by Gasteiger charge is 2.46. The SMILES string of the molecule is COc1cc(-c2oc3cc(O)cc(O)c3c(=O)c2OC2OC(COC(=O)c3cc(O)c(O)c(O)c3)C(O)C(O)C2O)ccc1O. The Hall–Kier alpha value is -5.42. The number of carbonyl (C=O) groups is 1. The quantitative estimate of drug-likeness (QED) is 0.101. The summed E-state index contributed by atoms with van der Waals surface area (Å²) >= 11 is 0. The first kappa shape index (κ1) is 31.0. The van der Waals surface area contributed by atoms with Crippen LogP contribution >= 0.6 is 0 Å². The molecule has 4 aromatic rings. The van der Waals surface area contributed by atoms with E-state index in [0.717, 1.165) is 24.3 Å². The van der Waals surface area contributed by atoms with Gasteiger partial charge in [-0.15, -0.1) is 0 Å². The molecule has 45 heavy (non-hydrogen) atoms. The molecule has 1 saturated heterocycles. The number of aromatic hydroxyl groups is 6. The average Bonchev–Trinajstić information content (AvgIpc) is 3.00. The Morgan fingerprint density at radius 2 is 1.53 bits per heavy atom. The smallest absolute Gasteiger partial charge is 0.338 e. The van der Waals surface area contributed by atoms with Gasteiger partial charge in [0.2, 0.25) is 17.5 Å². The minimum Gasteiger partial charge on any atom is -0.508 e. The summed E-state index contributed by atoms with van der Waals surface area (Å²) in [6, 6.07) is 7.32. The van der Waals surface area contributed by atoms with Gasteiger partial charge >= 0.3 is 5.97 Å². The zero-order chi connectivity index (χ0) is 32.7. The first-order chi connectivity index (χ1) is 21.3. The summed E-state index contributed by atoms with van der Waals surface area (Å²) in [7, 11) is 1.27. The molecule has 1 aliphatic heterocycles. The van der Waals surface area contributed by atoms with Crippen molar-refractivity contribution < 1.29 is 74.1 Å². The third-order valence-electron chi connectivity index (χ3n) is 6.95. The number of aliphatic hydroxyl groups is 3. The molecule has 0 amide bonds. The van der Waals surface area contributed by atoms with Gasteiger partial charge in [0.05, 0.1) is 12.7 Å². The zero-order valence-corrected chi connectivity index (χ0v) is 23.0. The highest BCUT2D eigenvalue weighted by molar-refractivity contribution is 5.91. The molecule has 1 fully saturated rings. The second-order valence-corrected chi connectivity index (χ2v) is 9.91. The Kier molecular flexibility index (Phi) is 8.22. The number of hydrogen-bond acceptors (Lipinski definition) is 16. The van der Waals surface area contributed by atoms with E-state index in [9.17, 15) is 55.5 Å². The molecule has 2 heterocycles. The monoisotopic (exact) mass is 630 g/mol. The van der Waals surface area contributed by atoms with E-state index in [1.54, 1.807) is 0 Å². The van der Waals surface area contributed by atoms with Gasteiger partial charge in [0.25, 0.3) is 0 Å². The fraction of sp³-hybridized carbons (Fsp3) is 0.241. The van der Waals surface area contributed by atoms with Crippen molar-refractivity contribution >= 4 is 16.9 Å². The van der Waals surface area contributed by atoms with Crippen molar-refractivity contribution in [1.82, 2.24) is 0 Å². The van der Waals surface area contributed by atoms with E-state index in [-0.39, 0.29) is 28.4 Å². The number of carbonyl (C=O) groups excluding carboxylic acids is 1. The zero-order valence-electron chi connectivity index (χ0n) is 23.0. The second-order valence-electron chi connectivity index (χ2n) is 9.91. The predicted octanol–water partition coefficient (Wildman–Crippen LogP) is 0.746. The first-order valence-corrected chi connectivity index (χ1v) is 13.0. The fourth-order valence-electron chi connectivity index (χ4n) is 4.62. The maximum atomic E-state index is 13.7. The maximum Gasteiger partial charge on any atom is 0.338 e. The van der Waals surface area contributed by atoms with Crippen molar-refractivity contribution in [2.45, 2.75) is 30.7 Å². The van der Waals surface area contributed by atoms with Gasteiger partial charge in [-0.1, -0.05) is 0 Å². The number of methoxy groups -OCH3 is 1. The Bertz CT molecular complexity index is 1810. The highest BCUT2D eigenvalue weighted by Crippen LogP contribution is 2.40. The van der Waals surface area contributed by atoms with E-state index in [1.807, 2.05) is 0 Å². The molecule has 16 heteroatoms. The van der Waals surface area contributed by atoms with Crippen LogP contribution in [0.2, 0.25) is 0 Å². The number of esters is 1. The maximum absolute atomic E-state index is 13.7. The Labute approximate surface area is 251 Å². The van der Waals surface area contributed by atoms with Gasteiger partial charge in [0.1, 0.15) is 53.5 Å². The van der Waals surface area contributed by atoms with E-state index in [1.165, 1.54) is 25.3 Å². The molecule has 0 radical (unpaired) electrons. The Morgan fingerprint density at radius 3 is 2.20 bits per heavy atom. The van der Waals surface area contributed by atoms with Crippen molar-refractivity contribution in [3.8, 4) is 57.3 Å². The number of phenolic OH excluding ortho intramolecular Hbond substituents is 6. The van der Waals surface area contributed by atoms with Gasteiger partial charge in [-0.2, -0.15) is 0 Å². The Balaban J connectivity index is 1.50. The molecule has 238 valence electrons. The van der Waals surface area contributed by atoms with Crippen LogP contribution in [0.4, 0.5) is 0 Å². The van der Waals surface area contributed by atoms with Crippen molar-refractivity contribution in [3.05, 3.63) is 58.3 Å². The van der Waals surface area contributed by atoms with Gasteiger partial charge in [-0.25, -0.2) is 4.79 Å². The van der Waals surface area contributed by atoms with Gasteiger partial charge in [-0.05, 0) is 30.3 Å². The van der Waals surface area contributed by atoms with Crippen LogP contribution in [0.3, 0.4) is 0 Å². The number of phenols is 6. The lowest BCUT2D eigenvalue weighted by Gasteiger charge is -2.39. The molecule has 0 aliphatic carbocycles. The number of benzene rings is 3. The summed E-state index contributed by atoms with van der Waals surface area (Å²) < 4.78 is 27.2. The molecule has 0 saturated carbocycles. The summed E-state index contributed by atoms with van der Waals surface area (Å²) in [5.74, 6) is -6.10. The lowest BCUT2D eigenvalue weighted by molar-refractivity contribution is -0.277. The molecular formula is C29H26O16. The van der Waals surface area contributed by atoms with Crippen molar-refractivity contribution in [3.63, 3.8) is 0 Å². The number of rotatable bonds is 7. The molecule has 5 unspecified atom stereocenters. The third-order valence-corrected chi connectivity index (χ3v) is 6.95. The summed E-state index contributed by atoms with van der Waals surface area (Å²) in [5, 5.41) is 90.5. The molecule has 0 bridgehead atoms. The molecule has 5 rings (SSSR count). The predicted molar refractivity (Wildman–Crippen MR) is 148 cm³/mol. The standard InChI is InChI=1S/C29H26O16/c1-41-17-6-10(2-3-13(17)31)26-27(23(37)20-14(32)7-12(30)8-18(20)43-26)45-29-25(39)24(38)22(36)19(44-29)9-42-28(40)11-4-15(33)21(35)16(34)5-11/h2-8,19,22,24-25,29-36,38-39H,9H2,1H3. The average molecular weight is 631 g/mol. The molecule has 1 aliphatic rings. The van der Waals surface area contributed by atoms with Crippen LogP contribution in [-0.2, 0) is 9.47 Å². The summed E-state index contributed by atoms with van der Waals surface area (Å²) in [5.41, 5.74) is -1.60. The third kappa shape index (κ3) is 5.77. The topological polar surface area (TPSA) is 266 Å². The van der Waals surface area contributed by atoms with Crippen molar-refractivity contribution in [2.75, 3.05) is 13.7 Å². The highest BCUT2D eigenvalue weighted by atomic mass is 16.7. The molecule has 16 nitrogen and oxygen atoms in total. The lowest BCUT2D eigenvalue weighted by Crippen LogP contribution is -2.60. The minimum atomic E-state index is -2.00. The second kappa shape index (κ2) is 11.9. The van der Waals surface area contributed by atoms with E-state index < -0.39 is 94.2 Å². The van der Waals surface area contributed by atoms with Gasteiger partial charge in [-0.3, -0.25) is 4.79 Å². The Morgan fingerprint density at radius 1 is 0.844 bits per heavy atom. The lowest BCUT2D eigenvalue weighted by atomic mass is 9.99. The van der Waals surface area contributed by atoms with Crippen LogP contribution in [0.25, 0.3) is 22.3 Å². The van der Waals surface area contributed by atoms with Crippen molar-refractivity contribution in [2.24, 2.45) is 0 Å². The first-order valence-electron chi connectivity index (χ1n) is 13.0. The minimum absolute atomic E-state index is 0.0374. The van der Waals surface area contributed by atoms with Crippen LogP contribution in [0.5, 0.6) is 46.0 Å². The fourth-order valence-corrected chi connectivity index (χ4v) is 4.62. The van der Waals surface area contributed by atoms with Crippen molar-refractivity contribution in [1.29, 1.82) is 0 Å². The summed E-state index contributed by atoms with van der Waals surface area (Å²) in [6.45, 7) is -0.777. The molecule has 0 spiro atoms. The van der Waals surface area contributed by atoms with Crippen LogP contribution in [0, 0.1) is 0 Å². The van der Waals surface area contributed by atoms with E-state index in [0.29, 0.717) is 0 Å². The van der Waals surface area contributed by atoms with E-state index >= 15 is 0 Å². The molecule has 9 N–H and O–H groups in total. The molecular weight excluding hydrogens is 604 g/mol. The van der Waals surface area contributed by atoms with Crippen LogP contribution < -0.4 is 14.9 Å². The number of ether oxygens (including phenoxy) is 4. The van der Waals surface area contributed by atoms with E-state index in [4.69, 9.17) is 23.4 Å². The molecule has 1 aromatic heterocycles. The summed E-state index contributed by atoms with van der Waals surface area (Å²) in [4.78, 5) is 26.2. The normalized spacial score (nSPS) is 21.4. The van der Waals surface area contributed by atoms with E-state index in [2.05, 4.69) is 0 Å². The van der Waals surface area contributed by atoms with Crippen LogP contribution in [0.1, 0.15) is 10.4 Å². The van der Waals surface area contributed by atoms with Gasteiger partial charge in [0.15, 0.2) is 34.5 Å². The number of fused-ring (bicyclic) bond motifs is 1. The number of aliphatic hydroxyl groups excluding tert-OH is 3. The molecule has 5 atom stereocenters. The largest absolute Gasteiger partial charge is 0.508 e. The van der Waals surface area contributed by atoms with Crippen LogP contribution in [0.15, 0.2) is 51.7 Å². The molecule has 3 aromatic carbocycles. The van der Waals surface area contributed by atoms with Crippen LogP contribution in [-0.4, -0.2) is 96.4 Å². The summed E-state index contributed by atoms with van der Waals surface area (Å²) in [6.07, 6.45) is -9.32. The van der Waals surface area contributed by atoms with Gasteiger partial charge < -0.3 is 69.3 Å². The van der Waals surface area contributed by atoms with Gasteiger partial charge in [0, 0.05) is 17.7 Å².